The Morgan fingerprint density at radius 3 is 2.35 bits per heavy atom. The van der Waals surface area contributed by atoms with Crippen LogP contribution in [0.15, 0.2) is 30.3 Å². The Kier molecular flexibility index (Phi) is 4.18. The van der Waals surface area contributed by atoms with E-state index in [4.69, 9.17) is 10.5 Å². The molecule has 2 saturated carbocycles. The van der Waals surface area contributed by atoms with E-state index in [1.54, 1.807) is 24.3 Å². The summed E-state index contributed by atoms with van der Waals surface area (Å²) in [5, 5.41) is 0.753. The Hall–Kier alpha value is -1.75. The zero-order valence-corrected chi connectivity index (χ0v) is 14.9. The van der Waals surface area contributed by atoms with Crippen molar-refractivity contribution < 1.29 is 17.9 Å². The normalized spacial score (nSPS) is 25.3. The Morgan fingerprint density at radius 1 is 1.04 bits per heavy atom. The number of alkyl halides is 3. The van der Waals surface area contributed by atoms with Gasteiger partial charge in [0.25, 0.3) is 0 Å². The van der Waals surface area contributed by atoms with E-state index in [2.05, 4.69) is 6.92 Å². The summed E-state index contributed by atoms with van der Waals surface area (Å²) in [4.78, 5) is 0. The van der Waals surface area contributed by atoms with Crippen molar-refractivity contribution in [2.45, 2.75) is 63.3 Å². The van der Waals surface area contributed by atoms with Gasteiger partial charge in [-0.15, -0.1) is 0 Å². The molecule has 0 saturated heterocycles. The maximum atomic E-state index is 13.8. The number of halogens is 3. The van der Waals surface area contributed by atoms with Gasteiger partial charge in [0.05, 0.1) is 6.10 Å². The third-order valence-corrected chi connectivity index (χ3v) is 5.89. The molecule has 0 radical (unpaired) electrons. The van der Waals surface area contributed by atoms with E-state index in [1.807, 2.05) is 0 Å². The van der Waals surface area contributed by atoms with Crippen molar-refractivity contribution >= 4 is 10.8 Å². The lowest BCUT2D eigenvalue weighted by Crippen LogP contribution is -2.24. The summed E-state index contributed by atoms with van der Waals surface area (Å²) in [6.45, 7) is 2.18. The van der Waals surface area contributed by atoms with Crippen LogP contribution in [0.2, 0.25) is 0 Å². The predicted molar refractivity (Wildman–Crippen MR) is 96.1 cm³/mol. The van der Waals surface area contributed by atoms with Crippen LogP contribution >= 0.6 is 0 Å². The molecule has 4 rings (SSSR count). The monoisotopic (exact) mass is 363 g/mol. The summed E-state index contributed by atoms with van der Waals surface area (Å²) in [7, 11) is 0. The van der Waals surface area contributed by atoms with Crippen LogP contribution in [0.5, 0.6) is 5.75 Å². The number of hydrogen-bond donors (Lipinski definition) is 1. The minimum absolute atomic E-state index is 0.0498. The molecule has 2 aromatic rings. The van der Waals surface area contributed by atoms with Gasteiger partial charge >= 0.3 is 6.18 Å². The first kappa shape index (κ1) is 17.7. The lowest BCUT2D eigenvalue weighted by molar-refractivity contribution is -0.138. The van der Waals surface area contributed by atoms with Crippen LogP contribution in [0.3, 0.4) is 0 Å². The fraction of sp³-hybridized carbons (Fsp3) is 0.524. The summed E-state index contributed by atoms with van der Waals surface area (Å²) in [6, 6.07) is 8.28. The molecule has 2 N–H and O–H groups in total. The summed E-state index contributed by atoms with van der Waals surface area (Å²) in [5.41, 5.74) is 6.09. The average Bonchev–Trinajstić information content (AvgIpc) is 3.34. The van der Waals surface area contributed by atoms with Gasteiger partial charge in [-0.05, 0) is 72.9 Å². The zero-order valence-electron chi connectivity index (χ0n) is 14.9. The Labute approximate surface area is 151 Å². The highest BCUT2D eigenvalue weighted by Crippen LogP contribution is 2.46. The fourth-order valence-electron chi connectivity index (χ4n) is 3.96. The van der Waals surface area contributed by atoms with Crippen molar-refractivity contribution in [1.29, 1.82) is 0 Å². The smallest absolute Gasteiger partial charge is 0.420 e. The Morgan fingerprint density at radius 2 is 1.73 bits per heavy atom. The second-order valence-electron chi connectivity index (χ2n) is 8.03. The molecule has 2 fully saturated rings. The van der Waals surface area contributed by atoms with E-state index >= 15 is 0 Å². The molecule has 0 amide bonds. The molecule has 2 aliphatic carbocycles. The van der Waals surface area contributed by atoms with Crippen LogP contribution in [0.25, 0.3) is 10.8 Å². The molecule has 0 atom stereocenters. The molecule has 0 bridgehead atoms. The van der Waals surface area contributed by atoms with E-state index in [0.29, 0.717) is 11.3 Å². The van der Waals surface area contributed by atoms with Crippen LogP contribution < -0.4 is 10.5 Å². The van der Waals surface area contributed by atoms with Crippen molar-refractivity contribution in [3.63, 3.8) is 0 Å². The SMILES string of the molecule is C[C@H]1CC[C@@H](Oc2ccc3cc(C4(N)CC4)ccc3c2C(F)(F)F)CC1. The van der Waals surface area contributed by atoms with Gasteiger partial charge < -0.3 is 10.5 Å². The standard InChI is InChI=1S/C21H24F3NO/c1-13-2-6-16(7-3-13)26-18-9-4-14-12-15(20(25)10-11-20)5-8-17(14)19(18)21(22,23)24/h4-5,8-9,12-13,16H,2-3,6-7,10-11,25H2,1H3/t13-,16+. The number of ether oxygens (including phenoxy) is 1. The van der Waals surface area contributed by atoms with E-state index in [1.165, 1.54) is 6.07 Å². The maximum absolute atomic E-state index is 13.8. The molecule has 2 aliphatic rings. The van der Waals surface area contributed by atoms with Crippen molar-refractivity contribution in [2.75, 3.05) is 0 Å². The van der Waals surface area contributed by atoms with Gasteiger partial charge in [-0.1, -0.05) is 25.1 Å². The van der Waals surface area contributed by atoms with E-state index in [0.717, 1.165) is 44.1 Å². The highest BCUT2D eigenvalue weighted by molar-refractivity contribution is 5.89. The lowest BCUT2D eigenvalue weighted by Gasteiger charge is -2.28. The van der Waals surface area contributed by atoms with Crippen LogP contribution in [-0.2, 0) is 11.7 Å². The van der Waals surface area contributed by atoms with Crippen LogP contribution in [0, 0.1) is 5.92 Å². The average molecular weight is 363 g/mol. The molecule has 0 heterocycles. The maximum Gasteiger partial charge on any atom is 0.420 e. The Bertz CT molecular complexity index is 818. The number of benzene rings is 2. The second-order valence-corrected chi connectivity index (χ2v) is 8.03. The van der Waals surface area contributed by atoms with Gasteiger partial charge in [-0.3, -0.25) is 0 Å². The molecule has 140 valence electrons. The quantitative estimate of drug-likeness (QED) is 0.752. The minimum Gasteiger partial charge on any atom is -0.490 e. The molecular formula is C21H24F3NO. The summed E-state index contributed by atoms with van der Waals surface area (Å²) in [6.07, 6.45) is 0.790. The van der Waals surface area contributed by atoms with Crippen LogP contribution in [0.1, 0.15) is 56.6 Å². The van der Waals surface area contributed by atoms with E-state index in [9.17, 15) is 13.2 Å². The number of fused-ring (bicyclic) bond motifs is 1. The summed E-state index contributed by atoms with van der Waals surface area (Å²) < 4.78 is 47.3. The van der Waals surface area contributed by atoms with Gasteiger partial charge in [-0.2, -0.15) is 13.2 Å². The zero-order chi connectivity index (χ0) is 18.5. The molecule has 0 unspecified atom stereocenters. The molecule has 0 aromatic heterocycles. The third-order valence-electron chi connectivity index (χ3n) is 5.89. The van der Waals surface area contributed by atoms with Gasteiger partial charge in [0, 0.05) is 5.54 Å². The molecular weight excluding hydrogens is 339 g/mol. The summed E-state index contributed by atoms with van der Waals surface area (Å²) in [5.74, 6) is 0.573. The van der Waals surface area contributed by atoms with Crippen LogP contribution in [-0.4, -0.2) is 6.10 Å². The van der Waals surface area contributed by atoms with Gasteiger partial charge in [0.1, 0.15) is 11.3 Å². The first-order valence-corrected chi connectivity index (χ1v) is 9.36. The van der Waals surface area contributed by atoms with Gasteiger partial charge in [-0.25, -0.2) is 0 Å². The number of nitrogens with two attached hydrogens (primary N) is 1. The Balaban J connectivity index is 1.73. The van der Waals surface area contributed by atoms with E-state index in [-0.39, 0.29) is 22.8 Å². The first-order chi connectivity index (χ1) is 12.3. The van der Waals surface area contributed by atoms with Crippen molar-refractivity contribution in [3.8, 4) is 5.75 Å². The highest BCUT2D eigenvalue weighted by Gasteiger charge is 2.41. The van der Waals surface area contributed by atoms with Gasteiger partial charge in [0.15, 0.2) is 0 Å². The molecule has 26 heavy (non-hydrogen) atoms. The van der Waals surface area contributed by atoms with Crippen LogP contribution in [0.4, 0.5) is 13.2 Å². The molecule has 2 aromatic carbocycles. The molecule has 0 spiro atoms. The molecule has 2 nitrogen and oxygen atoms in total. The fourth-order valence-corrected chi connectivity index (χ4v) is 3.96. The van der Waals surface area contributed by atoms with Crippen molar-refractivity contribution in [1.82, 2.24) is 0 Å². The molecule has 0 aliphatic heterocycles. The molecule has 5 heteroatoms. The summed E-state index contributed by atoms with van der Waals surface area (Å²) >= 11 is 0. The highest BCUT2D eigenvalue weighted by atomic mass is 19.4. The number of hydrogen-bond acceptors (Lipinski definition) is 2. The second kappa shape index (κ2) is 6.15. The topological polar surface area (TPSA) is 35.2 Å². The third kappa shape index (κ3) is 3.29. The minimum atomic E-state index is -4.46. The number of rotatable bonds is 3. The van der Waals surface area contributed by atoms with Crippen molar-refractivity contribution in [3.05, 3.63) is 41.5 Å². The van der Waals surface area contributed by atoms with Gasteiger partial charge in [0.2, 0.25) is 0 Å². The largest absolute Gasteiger partial charge is 0.490 e. The first-order valence-electron chi connectivity index (χ1n) is 9.36. The predicted octanol–water partition coefficient (Wildman–Crippen LogP) is 5.76. The van der Waals surface area contributed by atoms with E-state index < -0.39 is 11.7 Å². The lowest BCUT2D eigenvalue weighted by atomic mass is 9.89. The van der Waals surface area contributed by atoms with Crippen molar-refractivity contribution in [2.24, 2.45) is 11.7 Å².